The lowest BCUT2D eigenvalue weighted by atomic mass is 9.98. The van der Waals surface area contributed by atoms with Crippen LogP contribution in [0.5, 0.6) is 5.75 Å². The Morgan fingerprint density at radius 3 is 2.20 bits per heavy atom. The molecule has 4 aromatic rings. The summed E-state index contributed by atoms with van der Waals surface area (Å²) in [6, 6.07) is 10.3. The van der Waals surface area contributed by atoms with E-state index in [0.717, 1.165) is 67.3 Å². The average Bonchev–Trinajstić information content (AvgIpc) is 3.79. The van der Waals surface area contributed by atoms with Crippen LogP contribution in [0.15, 0.2) is 30.3 Å². The van der Waals surface area contributed by atoms with Gasteiger partial charge in [0.1, 0.15) is 22.6 Å². The second-order valence-electron chi connectivity index (χ2n) is 17.3. The fourth-order valence-electron chi connectivity index (χ4n) is 8.06. The van der Waals surface area contributed by atoms with Crippen LogP contribution in [0, 0.1) is 33.6 Å². The van der Waals surface area contributed by atoms with Crippen molar-refractivity contribution >= 4 is 34.6 Å². The van der Waals surface area contributed by atoms with Crippen LogP contribution in [0.1, 0.15) is 98.9 Å². The van der Waals surface area contributed by atoms with Gasteiger partial charge in [0.05, 0.1) is 17.8 Å². The lowest BCUT2D eigenvalue weighted by Crippen LogP contribution is -2.50. The van der Waals surface area contributed by atoms with Gasteiger partial charge in [0.15, 0.2) is 0 Å². The summed E-state index contributed by atoms with van der Waals surface area (Å²) in [6.07, 6.45) is 4.28. The third-order valence-electron chi connectivity index (χ3n) is 10.9. The van der Waals surface area contributed by atoms with Gasteiger partial charge in [0.25, 0.3) is 0 Å². The number of benzene rings is 2. The monoisotopic (exact) mass is 773 g/mol. The number of aromatic nitrogens is 3. The van der Waals surface area contributed by atoms with Gasteiger partial charge in [-0.05, 0) is 116 Å². The predicted molar refractivity (Wildman–Crippen MR) is 219 cm³/mol. The molecule has 0 bridgehead atoms. The van der Waals surface area contributed by atoms with E-state index >= 15 is 0 Å². The molecule has 1 amide bonds. The maximum atomic E-state index is 14.7. The highest BCUT2D eigenvalue weighted by atomic mass is 35.5. The number of fused-ring (bicyclic) bond motifs is 1. The van der Waals surface area contributed by atoms with Gasteiger partial charge in [-0.3, -0.25) is 9.58 Å². The Morgan fingerprint density at radius 2 is 1.60 bits per heavy atom. The number of hydrogen-bond acceptors (Lipinski definition) is 7. The van der Waals surface area contributed by atoms with E-state index in [1.807, 2.05) is 79.3 Å². The molecule has 0 radical (unpaired) electrons. The van der Waals surface area contributed by atoms with Crippen LogP contribution in [0.3, 0.4) is 0 Å². The van der Waals surface area contributed by atoms with Gasteiger partial charge in [-0.1, -0.05) is 42.6 Å². The molecule has 1 saturated heterocycles. The Bertz CT molecular complexity index is 2020. The number of carbonyl (C=O) groups is 2. The fraction of sp³-hybridized carbons (Fsp3) is 0.568. The van der Waals surface area contributed by atoms with Gasteiger partial charge in [-0.15, -0.1) is 0 Å². The highest BCUT2D eigenvalue weighted by Crippen LogP contribution is 2.41. The quantitative estimate of drug-likeness (QED) is 0.0989. The van der Waals surface area contributed by atoms with Gasteiger partial charge in [0.2, 0.25) is 0 Å². The normalized spacial score (nSPS) is 15.5. The molecule has 2 fully saturated rings. The molecule has 1 aliphatic heterocycles. The number of nitrogens with zero attached hydrogens (tertiary/aromatic N) is 5. The molecular formula is C44H60ClN5O5. The largest absolute Gasteiger partial charge is 0.494 e. The number of ether oxygens (including phenoxy) is 3. The molecule has 298 valence electrons. The lowest BCUT2D eigenvalue weighted by Gasteiger charge is -2.35. The van der Waals surface area contributed by atoms with Crippen molar-refractivity contribution in [1.82, 2.24) is 24.1 Å². The number of esters is 1. The first-order chi connectivity index (χ1) is 25.9. The van der Waals surface area contributed by atoms with Crippen LogP contribution in [0.2, 0.25) is 5.02 Å². The van der Waals surface area contributed by atoms with Crippen molar-refractivity contribution in [3.63, 3.8) is 0 Å². The predicted octanol–water partition coefficient (Wildman–Crippen LogP) is 9.23. The van der Waals surface area contributed by atoms with Gasteiger partial charge in [-0.25, -0.2) is 9.59 Å². The summed E-state index contributed by atoms with van der Waals surface area (Å²) in [5.41, 5.74) is 7.57. The van der Waals surface area contributed by atoms with Crippen molar-refractivity contribution in [3.8, 4) is 16.9 Å². The molecule has 0 unspecified atom stereocenters. The van der Waals surface area contributed by atoms with Crippen molar-refractivity contribution in [2.24, 2.45) is 13.0 Å². The number of aryl methyl sites for hydroxylation is 5. The van der Waals surface area contributed by atoms with Crippen LogP contribution in [0.4, 0.5) is 4.79 Å². The van der Waals surface area contributed by atoms with Gasteiger partial charge in [-0.2, -0.15) is 5.10 Å². The number of rotatable bonds is 13. The molecule has 2 aliphatic rings. The van der Waals surface area contributed by atoms with E-state index in [4.69, 9.17) is 30.9 Å². The Balaban J connectivity index is 1.36. The number of carbonyl (C=O) groups excluding carboxylic acids is 2. The van der Waals surface area contributed by atoms with Gasteiger partial charge in [0, 0.05) is 73.5 Å². The highest BCUT2D eigenvalue weighted by Gasteiger charge is 2.36. The summed E-state index contributed by atoms with van der Waals surface area (Å²) in [5, 5.41) is 6.58. The molecule has 3 heterocycles. The van der Waals surface area contributed by atoms with E-state index in [9.17, 15) is 9.59 Å². The summed E-state index contributed by atoms with van der Waals surface area (Å²) in [4.78, 5) is 31.7. The Morgan fingerprint density at radius 1 is 0.927 bits per heavy atom. The maximum Gasteiger partial charge on any atom is 0.410 e. The topological polar surface area (TPSA) is 91.1 Å². The summed E-state index contributed by atoms with van der Waals surface area (Å²) in [7, 11) is 1.97. The third kappa shape index (κ3) is 9.51. The number of piperazine rings is 1. The van der Waals surface area contributed by atoms with Crippen molar-refractivity contribution < 1.29 is 23.8 Å². The third-order valence-corrected chi connectivity index (χ3v) is 11.5. The van der Waals surface area contributed by atoms with Crippen molar-refractivity contribution in [2.45, 2.75) is 112 Å². The maximum absolute atomic E-state index is 14.7. The average molecular weight is 774 g/mol. The molecule has 0 N–H and O–H groups in total. The second kappa shape index (κ2) is 16.2. The number of amides is 1. The molecule has 2 aromatic carbocycles. The molecule has 11 heteroatoms. The first-order valence-electron chi connectivity index (χ1n) is 19.9. The van der Waals surface area contributed by atoms with Crippen LogP contribution in [-0.2, 0) is 29.5 Å². The van der Waals surface area contributed by atoms with Crippen LogP contribution in [0.25, 0.3) is 22.0 Å². The van der Waals surface area contributed by atoms with E-state index in [2.05, 4.69) is 34.6 Å². The number of hydrogen-bond donors (Lipinski definition) is 0. The first kappa shape index (κ1) is 40.6. The van der Waals surface area contributed by atoms with Crippen LogP contribution in [-0.4, -0.2) is 86.7 Å². The summed E-state index contributed by atoms with van der Waals surface area (Å²) in [6.45, 7) is 22.2. The fourth-order valence-corrected chi connectivity index (χ4v) is 8.17. The van der Waals surface area contributed by atoms with E-state index in [0.29, 0.717) is 70.3 Å². The minimum atomic E-state index is -0.596. The molecule has 1 saturated carbocycles. The van der Waals surface area contributed by atoms with Crippen molar-refractivity contribution in [1.29, 1.82) is 0 Å². The van der Waals surface area contributed by atoms with Gasteiger partial charge >= 0.3 is 12.1 Å². The number of para-hydroxylation sites is 1. The summed E-state index contributed by atoms with van der Waals surface area (Å²) >= 11 is 6.43. The molecule has 2 aromatic heterocycles. The SMILES string of the molecule is Cc1cc(OCCCc2c(C(=O)OC(C)(C)CC3CC3)n(CCN3CCN(C(=O)OC(C)(C)C)CC3)c3c(-c4c(C)nn(C)c4C)cccc23)cc(C)c1Cl. The Labute approximate surface area is 332 Å². The molecule has 10 nitrogen and oxygen atoms in total. The minimum absolute atomic E-state index is 0.274. The Hall–Kier alpha value is -4.02. The van der Waals surface area contributed by atoms with Crippen molar-refractivity contribution in [2.75, 3.05) is 39.3 Å². The zero-order chi connectivity index (χ0) is 39.8. The smallest absolute Gasteiger partial charge is 0.410 e. The van der Waals surface area contributed by atoms with E-state index in [1.54, 1.807) is 4.90 Å². The molecular weight excluding hydrogens is 714 g/mol. The first-order valence-corrected chi connectivity index (χ1v) is 20.3. The zero-order valence-electron chi connectivity index (χ0n) is 34.6. The summed E-state index contributed by atoms with van der Waals surface area (Å²) in [5.74, 6) is 1.11. The molecule has 6 rings (SSSR count). The van der Waals surface area contributed by atoms with E-state index < -0.39 is 11.2 Å². The number of halogens is 1. The minimum Gasteiger partial charge on any atom is -0.494 e. The standard InChI is InChI=1S/C44H60ClN5O5/c1-28-25-33(26-29(2)38(28)45)53-24-12-15-35-34-13-11-14-36(37-30(3)46-47(10)31(37)4)39(34)50(40(35)41(51)54-44(8,9)27-32-16-17-32)23-20-48-18-21-49(22-19-48)42(52)55-43(5,6)7/h11,13-14,25-26,32H,12,15-24,27H2,1-10H3. The van der Waals surface area contributed by atoms with E-state index in [-0.39, 0.29) is 12.1 Å². The van der Waals surface area contributed by atoms with Crippen LogP contribution >= 0.6 is 11.6 Å². The highest BCUT2D eigenvalue weighted by molar-refractivity contribution is 6.32. The van der Waals surface area contributed by atoms with E-state index in [1.165, 1.54) is 12.8 Å². The summed E-state index contributed by atoms with van der Waals surface area (Å²) < 4.78 is 22.5. The zero-order valence-corrected chi connectivity index (χ0v) is 35.4. The van der Waals surface area contributed by atoms with Gasteiger partial charge < -0.3 is 23.7 Å². The lowest BCUT2D eigenvalue weighted by molar-refractivity contribution is -0.00818. The molecule has 0 atom stereocenters. The van der Waals surface area contributed by atoms with Crippen LogP contribution < -0.4 is 4.74 Å². The van der Waals surface area contributed by atoms with Crippen molar-refractivity contribution in [3.05, 3.63) is 69.1 Å². The Kier molecular flexibility index (Phi) is 12.0. The second-order valence-corrected chi connectivity index (χ2v) is 17.7. The molecule has 0 spiro atoms. The molecule has 55 heavy (non-hydrogen) atoms. The molecule has 1 aliphatic carbocycles.